The molecule has 0 spiro atoms. The molecular formula is C9H15NO2. The lowest BCUT2D eigenvalue weighted by Crippen LogP contribution is -2.07. The van der Waals surface area contributed by atoms with Gasteiger partial charge in [0.2, 0.25) is 0 Å². The molecule has 68 valence electrons. The van der Waals surface area contributed by atoms with Gasteiger partial charge in [-0.2, -0.15) is 0 Å². The van der Waals surface area contributed by atoms with Crippen LogP contribution in [0.3, 0.4) is 0 Å². The molecule has 0 amide bonds. The Hall–Kier alpha value is -0.830. The fourth-order valence-electron chi connectivity index (χ4n) is 1.28. The van der Waals surface area contributed by atoms with Crippen LogP contribution in [-0.4, -0.2) is 26.2 Å². The standard InChI is InChI=1S/C9H15NO2/c1-12-9(11)4-2-3-8-5-6-10-7-8/h2-3,8,10H,4-7H2,1H3/b3-2-. The molecule has 0 aliphatic carbocycles. The first-order valence-electron chi connectivity index (χ1n) is 4.27. The van der Waals surface area contributed by atoms with Crippen LogP contribution in [0.1, 0.15) is 12.8 Å². The molecular weight excluding hydrogens is 154 g/mol. The molecule has 3 nitrogen and oxygen atoms in total. The number of hydrogen-bond donors (Lipinski definition) is 1. The van der Waals surface area contributed by atoms with Crippen LogP contribution in [0.5, 0.6) is 0 Å². The van der Waals surface area contributed by atoms with Gasteiger partial charge in [0.05, 0.1) is 13.5 Å². The summed E-state index contributed by atoms with van der Waals surface area (Å²) in [6, 6.07) is 0. The van der Waals surface area contributed by atoms with Crippen LogP contribution in [0, 0.1) is 5.92 Å². The third kappa shape index (κ3) is 3.05. The van der Waals surface area contributed by atoms with Gasteiger partial charge in [-0.3, -0.25) is 4.79 Å². The summed E-state index contributed by atoms with van der Waals surface area (Å²) < 4.78 is 4.51. The largest absolute Gasteiger partial charge is 0.469 e. The molecule has 0 saturated carbocycles. The smallest absolute Gasteiger partial charge is 0.309 e. The maximum atomic E-state index is 10.7. The van der Waals surface area contributed by atoms with Crippen LogP contribution < -0.4 is 5.32 Å². The molecule has 0 aromatic heterocycles. The highest BCUT2D eigenvalue weighted by atomic mass is 16.5. The number of carbonyl (C=O) groups excluding carboxylic acids is 1. The van der Waals surface area contributed by atoms with Gasteiger partial charge in [0.1, 0.15) is 0 Å². The minimum atomic E-state index is -0.169. The van der Waals surface area contributed by atoms with Gasteiger partial charge >= 0.3 is 5.97 Å². The summed E-state index contributed by atoms with van der Waals surface area (Å²) in [4.78, 5) is 10.7. The first kappa shape index (κ1) is 9.26. The second kappa shape index (κ2) is 4.93. The number of hydrogen-bond acceptors (Lipinski definition) is 3. The average molecular weight is 169 g/mol. The summed E-state index contributed by atoms with van der Waals surface area (Å²) in [6.07, 6.45) is 5.56. The molecule has 0 aromatic carbocycles. The van der Waals surface area contributed by atoms with E-state index >= 15 is 0 Å². The van der Waals surface area contributed by atoms with Crippen molar-refractivity contribution in [2.75, 3.05) is 20.2 Å². The molecule has 12 heavy (non-hydrogen) atoms. The number of esters is 1. The van der Waals surface area contributed by atoms with Crippen molar-refractivity contribution in [2.24, 2.45) is 5.92 Å². The SMILES string of the molecule is COC(=O)C/C=C\C1CCNC1. The molecule has 1 fully saturated rings. The van der Waals surface area contributed by atoms with Crippen molar-refractivity contribution in [3.8, 4) is 0 Å². The number of rotatable bonds is 3. The third-order valence-electron chi connectivity index (χ3n) is 2.02. The molecule has 0 radical (unpaired) electrons. The first-order chi connectivity index (χ1) is 5.83. The van der Waals surface area contributed by atoms with Crippen molar-refractivity contribution >= 4 is 5.97 Å². The lowest BCUT2D eigenvalue weighted by molar-refractivity contribution is -0.139. The molecule has 1 unspecified atom stereocenters. The highest BCUT2D eigenvalue weighted by Gasteiger charge is 2.10. The van der Waals surface area contributed by atoms with E-state index in [0.717, 1.165) is 13.1 Å². The Morgan fingerprint density at radius 2 is 2.58 bits per heavy atom. The highest BCUT2D eigenvalue weighted by Crippen LogP contribution is 2.08. The monoisotopic (exact) mass is 169 g/mol. The molecule has 1 aliphatic rings. The number of methoxy groups -OCH3 is 1. The first-order valence-corrected chi connectivity index (χ1v) is 4.27. The predicted molar refractivity (Wildman–Crippen MR) is 46.7 cm³/mol. The maximum Gasteiger partial charge on any atom is 0.309 e. The van der Waals surface area contributed by atoms with Crippen molar-refractivity contribution in [1.82, 2.24) is 5.32 Å². The second-order valence-corrected chi connectivity index (χ2v) is 2.96. The van der Waals surface area contributed by atoms with E-state index in [4.69, 9.17) is 0 Å². The lowest BCUT2D eigenvalue weighted by atomic mass is 10.1. The molecule has 1 aliphatic heterocycles. The van der Waals surface area contributed by atoms with Crippen molar-refractivity contribution in [2.45, 2.75) is 12.8 Å². The fraction of sp³-hybridized carbons (Fsp3) is 0.667. The van der Waals surface area contributed by atoms with E-state index in [-0.39, 0.29) is 5.97 Å². The van der Waals surface area contributed by atoms with Gasteiger partial charge in [0, 0.05) is 6.54 Å². The van der Waals surface area contributed by atoms with Gasteiger partial charge in [-0.1, -0.05) is 12.2 Å². The molecule has 1 rings (SSSR count). The van der Waals surface area contributed by atoms with Gasteiger partial charge in [-0.15, -0.1) is 0 Å². The minimum absolute atomic E-state index is 0.169. The van der Waals surface area contributed by atoms with Gasteiger partial charge in [-0.25, -0.2) is 0 Å². The maximum absolute atomic E-state index is 10.7. The summed E-state index contributed by atoms with van der Waals surface area (Å²) in [6.45, 7) is 2.13. The Morgan fingerprint density at radius 1 is 1.75 bits per heavy atom. The zero-order chi connectivity index (χ0) is 8.81. The van der Waals surface area contributed by atoms with Crippen molar-refractivity contribution in [1.29, 1.82) is 0 Å². The number of nitrogens with one attached hydrogen (secondary N) is 1. The van der Waals surface area contributed by atoms with Gasteiger partial charge < -0.3 is 10.1 Å². The summed E-state index contributed by atoms with van der Waals surface area (Å²) >= 11 is 0. The summed E-state index contributed by atoms with van der Waals surface area (Å²) in [5.41, 5.74) is 0. The van der Waals surface area contributed by atoms with E-state index in [1.165, 1.54) is 13.5 Å². The van der Waals surface area contributed by atoms with E-state index in [9.17, 15) is 4.79 Å². The van der Waals surface area contributed by atoms with E-state index in [1.54, 1.807) is 0 Å². The Balaban J connectivity index is 2.16. The van der Waals surface area contributed by atoms with Crippen LogP contribution in [0.25, 0.3) is 0 Å². The zero-order valence-corrected chi connectivity index (χ0v) is 7.38. The summed E-state index contributed by atoms with van der Waals surface area (Å²) in [7, 11) is 1.41. The van der Waals surface area contributed by atoms with Crippen molar-refractivity contribution in [3.63, 3.8) is 0 Å². The normalized spacial score (nSPS) is 23.2. The topological polar surface area (TPSA) is 38.3 Å². The van der Waals surface area contributed by atoms with Crippen LogP contribution in [-0.2, 0) is 9.53 Å². The van der Waals surface area contributed by atoms with Gasteiger partial charge in [0.15, 0.2) is 0 Å². The number of carbonyl (C=O) groups is 1. The minimum Gasteiger partial charge on any atom is -0.469 e. The molecule has 1 N–H and O–H groups in total. The van der Waals surface area contributed by atoms with Crippen molar-refractivity contribution in [3.05, 3.63) is 12.2 Å². The van der Waals surface area contributed by atoms with E-state index in [2.05, 4.69) is 16.1 Å². The van der Waals surface area contributed by atoms with Gasteiger partial charge in [-0.05, 0) is 18.9 Å². The fourth-order valence-corrected chi connectivity index (χ4v) is 1.28. The van der Waals surface area contributed by atoms with Crippen LogP contribution in [0.4, 0.5) is 0 Å². The zero-order valence-electron chi connectivity index (χ0n) is 7.38. The molecule has 0 aromatic rings. The van der Waals surface area contributed by atoms with E-state index < -0.39 is 0 Å². The molecule has 1 atom stereocenters. The summed E-state index contributed by atoms with van der Waals surface area (Å²) in [5, 5.41) is 3.26. The Kier molecular flexibility index (Phi) is 3.80. The Labute approximate surface area is 72.8 Å². The van der Waals surface area contributed by atoms with E-state index in [0.29, 0.717) is 12.3 Å². The molecule has 1 saturated heterocycles. The van der Waals surface area contributed by atoms with Crippen LogP contribution >= 0.6 is 0 Å². The highest BCUT2D eigenvalue weighted by molar-refractivity contribution is 5.70. The second-order valence-electron chi connectivity index (χ2n) is 2.96. The summed E-state index contributed by atoms with van der Waals surface area (Å²) in [5.74, 6) is 0.437. The third-order valence-corrected chi connectivity index (χ3v) is 2.02. The van der Waals surface area contributed by atoms with Crippen molar-refractivity contribution < 1.29 is 9.53 Å². The molecule has 0 bridgehead atoms. The molecule has 1 heterocycles. The Morgan fingerprint density at radius 3 is 3.17 bits per heavy atom. The lowest BCUT2D eigenvalue weighted by Gasteiger charge is -1.98. The Bertz CT molecular complexity index is 171. The molecule has 3 heteroatoms. The predicted octanol–water partition coefficient (Wildman–Crippen LogP) is 0.715. The quantitative estimate of drug-likeness (QED) is 0.499. The average Bonchev–Trinajstić information content (AvgIpc) is 2.57. The van der Waals surface area contributed by atoms with Crippen LogP contribution in [0.15, 0.2) is 12.2 Å². The van der Waals surface area contributed by atoms with Gasteiger partial charge in [0.25, 0.3) is 0 Å². The van der Waals surface area contributed by atoms with Crippen LogP contribution in [0.2, 0.25) is 0 Å². The number of ether oxygens (including phenoxy) is 1. The van der Waals surface area contributed by atoms with E-state index in [1.807, 2.05) is 6.08 Å².